The van der Waals surface area contributed by atoms with Crippen LogP contribution in [0.1, 0.15) is 34.8 Å². The Bertz CT molecular complexity index is 536. The molecule has 1 amide bonds. The number of carbonyl (C=O) groups is 2. The SMILES string of the molecule is COCC(C)(CC(=O)O)NC(=O)c1cc(C)c(F)c(C)c1. The lowest BCUT2D eigenvalue weighted by Crippen LogP contribution is -2.50. The van der Waals surface area contributed by atoms with Crippen LogP contribution in [0.5, 0.6) is 0 Å². The van der Waals surface area contributed by atoms with Crippen LogP contribution in [0.2, 0.25) is 0 Å². The minimum Gasteiger partial charge on any atom is -0.481 e. The van der Waals surface area contributed by atoms with Crippen LogP contribution in [0, 0.1) is 19.7 Å². The first kappa shape index (κ1) is 17.1. The summed E-state index contributed by atoms with van der Waals surface area (Å²) in [6, 6.07) is 2.87. The Morgan fingerprint density at radius 1 is 1.33 bits per heavy atom. The van der Waals surface area contributed by atoms with Gasteiger partial charge in [-0.2, -0.15) is 0 Å². The van der Waals surface area contributed by atoms with Gasteiger partial charge in [-0.15, -0.1) is 0 Å². The number of benzene rings is 1. The number of hydrogen-bond acceptors (Lipinski definition) is 3. The van der Waals surface area contributed by atoms with Crippen LogP contribution in [-0.2, 0) is 9.53 Å². The van der Waals surface area contributed by atoms with Crippen molar-refractivity contribution in [3.8, 4) is 0 Å². The molecule has 0 radical (unpaired) electrons. The van der Waals surface area contributed by atoms with Gasteiger partial charge < -0.3 is 15.2 Å². The first-order valence-corrected chi connectivity index (χ1v) is 6.48. The van der Waals surface area contributed by atoms with E-state index in [0.717, 1.165) is 0 Å². The predicted octanol–water partition coefficient (Wildman–Crippen LogP) is 2.05. The monoisotopic (exact) mass is 297 g/mol. The van der Waals surface area contributed by atoms with Gasteiger partial charge in [0.05, 0.1) is 18.6 Å². The van der Waals surface area contributed by atoms with E-state index in [9.17, 15) is 14.0 Å². The number of methoxy groups -OCH3 is 1. The van der Waals surface area contributed by atoms with E-state index < -0.39 is 17.4 Å². The Hall–Kier alpha value is -1.95. The maximum Gasteiger partial charge on any atom is 0.305 e. The Labute approximate surface area is 123 Å². The minimum absolute atomic E-state index is 0.0597. The zero-order chi connectivity index (χ0) is 16.2. The summed E-state index contributed by atoms with van der Waals surface area (Å²) >= 11 is 0. The number of hydrogen-bond donors (Lipinski definition) is 2. The summed E-state index contributed by atoms with van der Waals surface area (Å²) in [4.78, 5) is 23.2. The second-order valence-corrected chi connectivity index (χ2v) is 5.44. The van der Waals surface area contributed by atoms with Gasteiger partial charge in [0.2, 0.25) is 0 Å². The molecule has 0 aliphatic heterocycles. The molecular weight excluding hydrogens is 277 g/mol. The fourth-order valence-corrected chi connectivity index (χ4v) is 2.21. The lowest BCUT2D eigenvalue weighted by Gasteiger charge is -2.28. The maximum absolute atomic E-state index is 13.6. The van der Waals surface area contributed by atoms with E-state index in [1.54, 1.807) is 20.8 Å². The molecule has 0 saturated heterocycles. The largest absolute Gasteiger partial charge is 0.481 e. The third-order valence-electron chi connectivity index (χ3n) is 3.12. The molecule has 1 rings (SSSR count). The highest BCUT2D eigenvalue weighted by Crippen LogP contribution is 2.17. The topological polar surface area (TPSA) is 75.6 Å². The highest BCUT2D eigenvalue weighted by atomic mass is 19.1. The Morgan fingerprint density at radius 2 is 1.86 bits per heavy atom. The Morgan fingerprint density at radius 3 is 2.29 bits per heavy atom. The van der Waals surface area contributed by atoms with Crippen molar-refractivity contribution < 1.29 is 23.8 Å². The van der Waals surface area contributed by atoms with Gasteiger partial charge in [-0.05, 0) is 44.0 Å². The molecule has 1 unspecified atom stereocenters. The Kier molecular flexibility index (Phi) is 5.43. The number of ether oxygens (including phenoxy) is 1. The van der Waals surface area contributed by atoms with Gasteiger partial charge in [-0.3, -0.25) is 9.59 Å². The predicted molar refractivity (Wildman–Crippen MR) is 75.9 cm³/mol. The molecular formula is C15H20FNO4. The summed E-state index contributed by atoms with van der Waals surface area (Å²) in [7, 11) is 1.43. The van der Waals surface area contributed by atoms with Crippen molar-refractivity contribution in [1.82, 2.24) is 5.32 Å². The third kappa shape index (κ3) is 4.53. The molecule has 0 aliphatic rings. The number of carboxylic acids is 1. The van der Waals surface area contributed by atoms with E-state index in [-0.39, 0.29) is 18.8 Å². The van der Waals surface area contributed by atoms with Crippen molar-refractivity contribution in [2.75, 3.05) is 13.7 Å². The second kappa shape index (κ2) is 6.67. The quantitative estimate of drug-likeness (QED) is 0.842. The molecule has 0 bridgehead atoms. The minimum atomic E-state index is -1.04. The van der Waals surface area contributed by atoms with Crippen molar-refractivity contribution in [3.05, 3.63) is 34.6 Å². The van der Waals surface area contributed by atoms with Crippen LogP contribution < -0.4 is 5.32 Å². The number of halogens is 1. The van der Waals surface area contributed by atoms with Gasteiger partial charge in [-0.1, -0.05) is 0 Å². The number of nitrogens with one attached hydrogen (secondary N) is 1. The molecule has 21 heavy (non-hydrogen) atoms. The van der Waals surface area contributed by atoms with Gasteiger partial charge in [0.25, 0.3) is 5.91 Å². The number of amides is 1. The van der Waals surface area contributed by atoms with E-state index in [1.807, 2.05) is 0 Å². The summed E-state index contributed by atoms with van der Waals surface area (Å²) in [5.41, 5.74) is -0.00815. The van der Waals surface area contributed by atoms with Crippen LogP contribution in [-0.4, -0.2) is 36.2 Å². The van der Waals surface area contributed by atoms with Gasteiger partial charge in [0.1, 0.15) is 5.82 Å². The van der Waals surface area contributed by atoms with Crippen LogP contribution in [0.15, 0.2) is 12.1 Å². The second-order valence-electron chi connectivity index (χ2n) is 5.44. The number of rotatable bonds is 6. The van der Waals surface area contributed by atoms with Crippen LogP contribution in [0.3, 0.4) is 0 Å². The molecule has 116 valence electrons. The summed E-state index contributed by atoms with van der Waals surface area (Å²) in [5, 5.41) is 11.6. The fourth-order valence-electron chi connectivity index (χ4n) is 2.21. The molecule has 0 aromatic heterocycles. The molecule has 1 aromatic carbocycles. The van der Waals surface area contributed by atoms with Crippen molar-refractivity contribution in [3.63, 3.8) is 0 Å². The molecule has 1 aromatic rings. The van der Waals surface area contributed by atoms with Gasteiger partial charge in [0.15, 0.2) is 0 Å². The molecule has 0 saturated carbocycles. The van der Waals surface area contributed by atoms with E-state index in [2.05, 4.69) is 5.32 Å². The van der Waals surface area contributed by atoms with E-state index >= 15 is 0 Å². The van der Waals surface area contributed by atoms with Crippen molar-refractivity contribution in [1.29, 1.82) is 0 Å². The van der Waals surface area contributed by atoms with Gasteiger partial charge >= 0.3 is 5.97 Å². The zero-order valence-corrected chi connectivity index (χ0v) is 12.6. The Balaban J connectivity index is 2.99. The molecule has 0 fully saturated rings. The normalized spacial score (nSPS) is 13.6. The van der Waals surface area contributed by atoms with E-state index in [4.69, 9.17) is 9.84 Å². The lowest BCUT2D eigenvalue weighted by atomic mass is 9.97. The van der Waals surface area contributed by atoms with Gasteiger partial charge in [0, 0.05) is 12.7 Å². The zero-order valence-electron chi connectivity index (χ0n) is 12.6. The fraction of sp³-hybridized carbons (Fsp3) is 0.467. The smallest absolute Gasteiger partial charge is 0.305 e. The molecule has 6 heteroatoms. The van der Waals surface area contributed by atoms with Crippen LogP contribution in [0.4, 0.5) is 4.39 Å². The summed E-state index contributed by atoms with van der Waals surface area (Å²) in [6.07, 6.45) is -0.272. The molecule has 2 N–H and O–H groups in total. The third-order valence-corrected chi connectivity index (χ3v) is 3.12. The number of aliphatic carboxylic acids is 1. The average molecular weight is 297 g/mol. The van der Waals surface area contributed by atoms with Crippen LogP contribution >= 0.6 is 0 Å². The molecule has 0 heterocycles. The summed E-state index contributed by atoms with van der Waals surface area (Å²) in [6.45, 7) is 4.80. The molecule has 0 spiro atoms. The lowest BCUT2D eigenvalue weighted by molar-refractivity contribution is -0.139. The standard InChI is InChI=1S/C15H20FNO4/c1-9-5-11(6-10(2)13(9)16)14(20)17-15(3,8-21-4)7-12(18)19/h5-6H,7-8H2,1-4H3,(H,17,20)(H,18,19). The van der Waals surface area contributed by atoms with Crippen molar-refractivity contribution >= 4 is 11.9 Å². The first-order chi connectivity index (χ1) is 9.68. The maximum atomic E-state index is 13.6. The van der Waals surface area contributed by atoms with Crippen LogP contribution in [0.25, 0.3) is 0 Å². The van der Waals surface area contributed by atoms with E-state index in [0.29, 0.717) is 16.7 Å². The average Bonchev–Trinajstić information content (AvgIpc) is 2.34. The number of aryl methyl sites for hydroxylation is 2. The van der Waals surface area contributed by atoms with Crippen molar-refractivity contribution in [2.24, 2.45) is 0 Å². The summed E-state index contributed by atoms with van der Waals surface area (Å²) < 4.78 is 18.5. The number of carboxylic acid groups (broad SMARTS) is 1. The first-order valence-electron chi connectivity index (χ1n) is 6.48. The van der Waals surface area contributed by atoms with E-state index in [1.165, 1.54) is 19.2 Å². The number of carbonyl (C=O) groups excluding carboxylic acids is 1. The highest BCUT2D eigenvalue weighted by molar-refractivity contribution is 5.95. The van der Waals surface area contributed by atoms with Gasteiger partial charge in [-0.25, -0.2) is 4.39 Å². The molecule has 0 aliphatic carbocycles. The molecule has 1 atom stereocenters. The molecule has 5 nitrogen and oxygen atoms in total. The summed E-state index contributed by atoms with van der Waals surface area (Å²) in [5.74, 6) is -1.85. The van der Waals surface area contributed by atoms with Crippen molar-refractivity contribution in [2.45, 2.75) is 32.7 Å². The highest BCUT2D eigenvalue weighted by Gasteiger charge is 2.30.